The van der Waals surface area contributed by atoms with Gasteiger partial charge in [-0.15, -0.1) is 0 Å². The van der Waals surface area contributed by atoms with Crippen LogP contribution in [0.3, 0.4) is 0 Å². The van der Waals surface area contributed by atoms with Crippen LogP contribution in [-0.2, 0) is 0 Å². The van der Waals surface area contributed by atoms with E-state index < -0.39 is 0 Å². The first-order valence-electron chi connectivity index (χ1n) is 7.53. The minimum Gasteiger partial charge on any atom is -0.507 e. The van der Waals surface area contributed by atoms with E-state index in [-0.39, 0.29) is 23.2 Å². The van der Waals surface area contributed by atoms with Crippen LogP contribution in [0.1, 0.15) is 55.1 Å². The SMILES string of the molecule is CC(C)Oc1ccc(C(=O)c2ccc(C(C)C)cc2)c(O)c1. The smallest absolute Gasteiger partial charge is 0.196 e. The minimum atomic E-state index is -0.191. The molecule has 2 aromatic carbocycles. The zero-order chi connectivity index (χ0) is 16.3. The van der Waals surface area contributed by atoms with E-state index in [1.165, 1.54) is 11.6 Å². The van der Waals surface area contributed by atoms with Crippen LogP contribution in [0.2, 0.25) is 0 Å². The lowest BCUT2D eigenvalue weighted by Crippen LogP contribution is -2.06. The summed E-state index contributed by atoms with van der Waals surface area (Å²) in [5.41, 5.74) is 2.03. The Morgan fingerprint density at radius 3 is 2.14 bits per heavy atom. The molecule has 0 unspecified atom stereocenters. The molecule has 0 radical (unpaired) electrons. The van der Waals surface area contributed by atoms with Crippen molar-refractivity contribution < 1.29 is 14.6 Å². The number of hydrogen-bond acceptors (Lipinski definition) is 3. The second-order valence-corrected chi connectivity index (χ2v) is 5.95. The molecule has 0 saturated heterocycles. The highest BCUT2D eigenvalue weighted by Crippen LogP contribution is 2.27. The van der Waals surface area contributed by atoms with Gasteiger partial charge in [-0.05, 0) is 37.5 Å². The highest BCUT2D eigenvalue weighted by atomic mass is 16.5. The summed E-state index contributed by atoms with van der Waals surface area (Å²) in [6.45, 7) is 8.03. The lowest BCUT2D eigenvalue weighted by atomic mass is 9.97. The number of carbonyl (C=O) groups is 1. The highest BCUT2D eigenvalue weighted by Gasteiger charge is 2.15. The van der Waals surface area contributed by atoms with Crippen LogP contribution >= 0.6 is 0 Å². The molecule has 0 heterocycles. The van der Waals surface area contributed by atoms with Crippen LogP contribution < -0.4 is 4.74 Å². The van der Waals surface area contributed by atoms with Gasteiger partial charge in [-0.25, -0.2) is 0 Å². The molecule has 2 rings (SSSR count). The number of phenols is 1. The van der Waals surface area contributed by atoms with Gasteiger partial charge in [-0.3, -0.25) is 4.79 Å². The molecule has 3 heteroatoms. The predicted molar refractivity (Wildman–Crippen MR) is 87.8 cm³/mol. The molecule has 0 bridgehead atoms. The Bertz CT molecular complexity index is 655. The standard InChI is InChI=1S/C19H22O3/c1-12(2)14-5-7-15(8-6-14)19(21)17-10-9-16(11-18(17)20)22-13(3)4/h5-13,20H,1-4H3. The summed E-state index contributed by atoms with van der Waals surface area (Å²) in [4.78, 5) is 12.5. The van der Waals surface area contributed by atoms with Crippen molar-refractivity contribution in [1.29, 1.82) is 0 Å². The van der Waals surface area contributed by atoms with Crippen LogP contribution in [0.25, 0.3) is 0 Å². The second kappa shape index (κ2) is 6.65. The van der Waals surface area contributed by atoms with Crippen LogP contribution in [0.15, 0.2) is 42.5 Å². The van der Waals surface area contributed by atoms with Gasteiger partial charge in [-0.2, -0.15) is 0 Å². The Labute approximate surface area is 131 Å². The lowest BCUT2D eigenvalue weighted by molar-refractivity contribution is 0.103. The Balaban J connectivity index is 2.25. The average molecular weight is 298 g/mol. The molecular formula is C19H22O3. The molecule has 0 aliphatic rings. The number of phenolic OH excluding ortho intramolecular Hbond substituents is 1. The van der Waals surface area contributed by atoms with Gasteiger partial charge in [0, 0.05) is 11.6 Å². The molecule has 0 aromatic heterocycles. The number of carbonyl (C=O) groups excluding carboxylic acids is 1. The molecule has 0 saturated carbocycles. The Hall–Kier alpha value is -2.29. The monoisotopic (exact) mass is 298 g/mol. The maximum absolute atomic E-state index is 12.5. The normalized spacial score (nSPS) is 11.0. The van der Waals surface area contributed by atoms with Crippen molar-refractivity contribution in [3.63, 3.8) is 0 Å². The molecule has 3 nitrogen and oxygen atoms in total. The van der Waals surface area contributed by atoms with Crippen LogP contribution in [0, 0.1) is 0 Å². The predicted octanol–water partition coefficient (Wildman–Crippen LogP) is 4.53. The van der Waals surface area contributed by atoms with Crippen LogP contribution in [0.4, 0.5) is 0 Å². The largest absolute Gasteiger partial charge is 0.507 e. The van der Waals surface area contributed by atoms with E-state index in [0.29, 0.717) is 17.2 Å². The zero-order valence-corrected chi connectivity index (χ0v) is 13.5. The van der Waals surface area contributed by atoms with Crippen molar-refractivity contribution in [1.82, 2.24) is 0 Å². The van der Waals surface area contributed by atoms with Gasteiger partial charge in [0.2, 0.25) is 0 Å². The summed E-state index contributed by atoms with van der Waals surface area (Å²) >= 11 is 0. The van der Waals surface area contributed by atoms with Crippen molar-refractivity contribution in [3.8, 4) is 11.5 Å². The van der Waals surface area contributed by atoms with Crippen molar-refractivity contribution in [2.75, 3.05) is 0 Å². The van der Waals surface area contributed by atoms with Crippen LogP contribution in [0.5, 0.6) is 11.5 Å². The van der Waals surface area contributed by atoms with E-state index in [2.05, 4.69) is 13.8 Å². The number of benzene rings is 2. The quantitative estimate of drug-likeness (QED) is 0.825. The maximum atomic E-state index is 12.5. The fourth-order valence-corrected chi connectivity index (χ4v) is 2.22. The molecule has 0 aliphatic carbocycles. The fourth-order valence-electron chi connectivity index (χ4n) is 2.22. The Morgan fingerprint density at radius 2 is 1.64 bits per heavy atom. The van der Waals surface area contributed by atoms with Gasteiger partial charge in [0.15, 0.2) is 5.78 Å². The van der Waals surface area contributed by atoms with E-state index in [4.69, 9.17) is 4.74 Å². The fraction of sp³-hybridized carbons (Fsp3) is 0.316. The number of ketones is 1. The molecule has 0 spiro atoms. The van der Waals surface area contributed by atoms with E-state index in [1.807, 2.05) is 26.0 Å². The topological polar surface area (TPSA) is 46.5 Å². The van der Waals surface area contributed by atoms with Gasteiger partial charge in [0.1, 0.15) is 11.5 Å². The Kier molecular flexibility index (Phi) is 4.86. The summed E-state index contributed by atoms with van der Waals surface area (Å²) in [5, 5.41) is 10.1. The summed E-state index contributed by atoms with van der Waals surface area (Å²) in [6.07, 6.45) is 0.0181. The lowest BCUT2D eigenvalue weighted by Gasteiger charge is -2.11. The molecule has 0 amide bonds. The first-order valence-corrected chi connectivity index (χ1v) is 7.53. The Morgan fingerprint density at radius 1 is 1.00 bits per heavy atom. The third-order valence-electron chi connectivity index (χ3n) is 3.43. The van der Waals surface area contributed by atoms with E-state index in [1.54, 1.807) is 24.3 Å². The van der Waals surface area contributed by atoms with E-state index in [9.17, 15) is 9.90 Å². The third-order valence-corrected chi connectivity index (χ3v) is 3.43. The van der Waals surface area contributed by atoms with Crippen molar-refractivity contribution in [2.24, 2.45) is 0 Å². The molecule has 1 N–H and O–H groups in total. The van der Waals surface area contributed by atoms with Gasteiger partial charge in [0.25, 0.3) is 0 Å². The summed E-state index contributed by atoms with van der Waals surface area (Å²) < 4.78 is 5.51. The average Bonchev–Trinajstić information content (AvgIpc) is 2.46. The van der Waals surface area contributed by atoms with Gasteiger partial charge in [0.05, 0.1) is 11.7 Å². The molecule has 0 atom stereocenters. The first-order chi connectivity index (χ1) is 10.4. The number of ether oxygens (including phenoxy) is 1. The van der Waals surface area contributed by atoms with Crippen molar-refractivity contribution in [2.45, 2.75) is 39.7 Å². The molecule has 0 aliphatic heterocycles. The molecule has 22 heavy (non-hydrogen) atoms. The molecule has 2 aromatic rings. The van der Waals surface area contributed by atoms with E-state index in [0.717, 1.165) is 0 Å². The van der Waals surface area contributed by atoms with Gasteiger partial charge >= 0.3 is 0 Å². The number of rotatable bonds is 5. The summed E-state index contributed by atoms with van der Waals surface area (Å²) in [7, 11) is 0. The molecule has 0 fully saturated rings. The second-order valence-electron chi connectivity index (χ2n) is 5.95. The summed E-state index contributed by atoms with van der Waals surface area (Å²) in [5.74, 6) is 0.726. The minimum absolute atomic E-state index is 0.0181. The van der Waals surface area contributed by atoms with Gasteiger partial charge in [-0.1, -0.05) is 38.1 Å². The number of hydrogen-bond donors (Lipinski definition) is 1. The highest BCUT2D eigenvalue weighted by molar-refractivity contribution is 6.10. The molecule has 116 valence electrons. The number of aromatic hydroxyl groups is 1. The van der Waals surface area contributed by atoms with Gasteiger partial charge < -0.3 is 9.84 Å². The van der Waals surface area contributed by atoms with Crippen molar-refractivity contribution in [3.05, 3.63) is 59.2 Å². The molecular weight excluding hydrogens is 276 g/mol. The van der Waals surface area contributed by atoms with Crippen molar-refractivity contribution >= 4 is 5.78 Å². The zero-order valence-electron chi connectivity index (χ0n) is 13.5. The summed E-state index contributed by atoms with van der Waals surface area (Å²) in [6, 6.07) is 12.3. The maximum Gasteiger partial charge on any atom is 0.196 e. The first kappa shape index (κ1) is 16.1. The van der Waals surface area contributed by atoms with Crippen LogP contribution in [-0.4, -0.2) is 17.0 Å². The third kappa shape index (κ3) is 3.67. The van der Waals surface area contributed by atoms with E-state index >= 15 is 0 Å².